The van der Waals surface area contributed by atoms with Gasteiger partial charge in [-0.25, -0.2) is 0 Å². The van der Waals surface area contributed by atoms with E-state index in [1.807, 2.05) is 24.1 Å². The lowest BCUT2D eigenvalue weighted by Gasteiger charge is -2.18. The van der Waals surface area contributed by atoms with Gasteiger partial charge < -0.3 is 10.0 Å². The van der Waals surface area contributed by atoms with Crippen LogP contribution in [0.1, 0.15) is 6.92 Å². The molecule has 1 aromatic heterocycles. The molecule has 0 aromatic carbocycles. The molecule has 1 atom stereocenters. The van der Waals surface area contributed by atoms with Crippen LogP contribution in [0.2, 0.25) is 0 Å². The number of likely N-dealkylation sites (N-methyl/N-ethyl adjacent to an activating group) is 1. The van der Waals surface area contributed by atoms with Gasteiger partial charge in [-0.3, -0.25) is 0 Å². The molecule has 4 heteroatoms. The number of aliphatic hydroxyl groups excluding tert-OH is 1. The minimum absolute atomic E-state index is 0.350. The van der Waals surface area contributed by atoms with Gasteiger partial charge >= 0.3 is 0 Å². The largest absolute Gasteiger partial charge is 0.392 e. The number of aromatic nitrogens is 2. The van der Waals surface area contributed by atoms with E-state index >= 15 is 0 Å². The summed E-state index contributed by atoms with van der Waals surface area (Å²) in [5.74, 6) is 0.776. The van der Waals surface area contributed by atoms with Crippen molar-refractivity contribution < 1.29 is 5.11 Å². The topological polar surface area (TPSA) is 49.2 Å². The maximum atomic E-state index is 9.09. The van der Waals surface area contributed by atoms with Crippen LogP contribution in [-0.2, 0) is 0 Å². The SMILES string of the molecule is CC(O)CN(C)c1cccnn1. The van der Waals surface area contributed by atoms with Crippen LogP contribution in [0.3, 0.4) is 0 Å². The molecule has 0 saturated carbocycles. The Balaban J connectivity index is 2.59. The highest BCUT2D eigenvalue weighted by atomic mass is 16.3. The minimum Gasteiger partial charge on any atom is -0.392 e. The van der Waals surface area contributed by atoms with E-state index in [0.717, 1.165) is 5.82 Å². The summed E-state index contributed by atoms with van der Waals surface area (Å²) >= 11 is 0. The standard InChI is InChI=1S/C8H13N3O/c1-7(12)6-11(2)8-4-3-5-9-10-8/h3-5,7,12H,6H2,1-2H3. The van der Waals surface area contributed by atoms with Gasteiger partial charge in [0.2, 0.25) is 0 Å². The first-order valence-electron chi connectivity index (χ1n) is 3.87. The van der Waals surface area contributed by atoms with Crippen LogP contribution < -0.4 is 4.90 Å². The molecule has 1 heterocycles. The zero-order valence-corrected chi connectivity index (χ0v) is 7.31. The smallest absolute Gasteiger partial charge is 0.151 e. The number of nitrogens with zero attached hydrogens (tertiary/aromatic N) is 3. The first kappa shape index (κ1) is 8.93. The summed E-state index contributed by atoms with van der Waals surface area (Å²) in [4.78, 5) is 1.86. The van der Waals surface area contributed by atoms with E-state index in [1.165, 1.54) is 0 Å². The summed E-state index contributed by atoms with van der Waals surface area (Å²) in [5.41, 5.74) is 0. The molecule has 0 aliphatic heterocycles. The zero-order chi connectivity index (χ0) is 8.97. The van der Waals surface area contributed by atoms with Crippen LogP contribution in [0.5, 0.6) is 0 Å². The molecule has 0 bridgehead atoms. The van der Waals surface area contributed by atoms with Gasteiger partial charge in [-0.15, -0.1) is 5.10 Å². The lowest BCUT2D eigenvalue weighted by molar-refractivity contribution is 0.201. The van der Waals surface area contributed by atoms with E-state index in [9.17, 15) is 0 Å². The van der Waals surface area contributed by atoms with E-state index in [1.54, 1.807) is 13.1 Å². The molecular formula is C8H13N3O. The van der Waals surface area contributed by atoms with Gasteiger partial charge in [0.1, 0.15) is 0 Å². The van der Waals surface area contributed by atoms with Gasteiger partial charge in [0.05, 0.1) is 6.10 Å². The Hall–Kier alpha value is -1.16. The Morgan fingerprint density at radius 2 is 2.42 bits per heavy atom. The van der Waals surface area contributed by atoms with Crippen LogP contribution in [0.15, 0.2) is 18.3 Å². The molecule has 0 amide bonds. The summed E-state index contributed by atoms with van der Waals surface area (Å²) < 4.78 is 0. The van der Waals surface area contributed by atoms with E-state index in [-0.39, 0.29) is 6.10 Å². The van der Waals surface area contributed by atoms with Crippen molar-refractivity contribution in [2.75, 3.05) is 18.5 Å². The Morgan fingerprint density at radius 3 is 2.92 bits per heavy atom. The molecule has 1 aromatic rings. The number of rotatable bonds is 3. The zero-order valence-electron chi connectivity index (χ0n) is 7.31. The van der Waals surface area contributed by atoms with Crippen LogP contribution in [0.25, 0.3) is 0 Å². The first-order valence-corrected chi connectivity index (χ1v) is 3.87. The van der Waals surface area contributed by atoms with Gasteiger partial charge in [0.15, 0.2) is 5.82 Å². The van der Waals surface area contributed by atoms with Crippen LogP contribution in [0.4, 0.5) is 5.82 Å². The number of aliphatic hydroxyl groups is 1. The third-order valence-corrected chi connectivity index (χ3v) is 1.49. The average Bonchev–Trinajstić information content (AvgIpc) is 2.05. The second kappa shape index (κ2) is 4.01. The second-order valence-corrected chi connectivity index (χ2v) is 2.81. The summed E-state index contributed by atoms with van der Waals surface area (Å²) in [6, 6.07) is 3.68. The predicted octanol–water partition coefficient (Wildman–Crippen LogP) is 0.294. The number of anilines is 1. The van der Waals surface area contributed by atoms with E-state index in [2.05, 4.69) is 10.2 Å². The minimum atomic E-state index is -0.350. The van der Waals surface area contributed by atoms with E-state index < -0.39 is 0 Å². The Labute approximate surface area is 71.9 Å². The van der Waals surface area contributed by atoms with Crippen molar-refractivity contribution in [1.29, 1.82) is 0 Å². The highest BCUT2D eigenvalue weighted by Crippen LogP contribution is 2.04. The molecule has 4 nitrogen and oxygen atoms in total. The van der Waals surface area contributed by atoms with Crippen molar-refractivity contribution in [2.24, 2.45) is 0 Å². The maximum Gasteiger partial charge on any atom is 0.151 e. The van der Waals surface area contributed by atoms with Crippen LogP contribution in [0, 0.1) is 0 Å². The predicted molar refractivity (Wildman–Crippen MR) is 47.0 cm³/mol. The molecule has 0 radical (unpaired) electrons. The third kappa shape index (κ3) is 2.47. The monoisotopic (exact) mass is 167 g/mol. The van der Waals surface area contributed by atoms with Gasteiger partial charge in [0, 0.05) is 19.8 Å². The fourth-order valence-electron chi connectivity index (χ4n) is 0.987. The molecule has 1 rings (SSSR count). The molecular weight excluding hydrogens is 154 g/mol. The average molecular weight is 167 g/mol. The lowest BCUT2D eigenvalue weighted by Crippen LogP contribution is -2.27. The summed E-state index contributed by atoms with van der Waals surface area (Å²) in [7, 11) is 1.87. The van der Waals surface area contributed by atoms with Gasteiger partial charge in [-0.1, -0.05) is 0 Å². The molecule has 0 saturated heterocycles. The van der Waals surface area contributed by atoms with Crippen molar-refractivity contribution in [3.63, 3.8) is 0 Å². The Morgan fingerprint density at radius 1 is 1.67 bits per heavy atom. The van der Waals surface area contributed by atoms with Crippen molar-refractivity contribution in [1.82, 2.24) is 10.2 Å². The fraction of sp³-hybridized carbons (Fsp3) is 0.500. The molecule has 66 valence electrons. The quantitative estimate of drug-likeness (QED) is 0.703. The van der Waals surface area contributed by atoms with Crippen molar-refractivity contribution in [2.45, 2.75) is 13.0 Å². The summed E-state index contributed by atoms with van der Waals surface area (Å²) in [6.45, 7) is 2.31. The van der Waals surface area contributed by atoms with Gasteiger partial charge in [-0.05, 0) is 19.1 Å². The van der Waals surface area contributed by atoms with Crippen molar-refractivity contribution in [3.05, 3.63) is 18.3 Å². The molecule has 1 N–H and O–H groups in total. The van der Waals surface area contributed by atoms with Gasteiger partial charge in [0.25, 0.3) is 0 Å². The summed E-state index contributed by atoms with van der Waals surface area (Å²) in [6.07, 6.45) is 1.27. The molecule has 0 aliphatic rings. The van der Waals surface area contributed by atoms with Crippen LogP contribution in [-0.4, -0.2) is 35.0 Å². The highest BCUT2D eigenvalue weighted by molar-refractivity contribution is 5.34. The second-order valence-electron chi connectivity index (χ2n) is 2.81. The van der Waals surface area contributed by atoms with Crippen LogP contribution >= 0.6 is 0 Å². The number of hydrogen-bond acceptors (Lipinski definition) is 4. The Bertz CT molecular complexity index is 225. The third-order valence-electron chi connectivity index (χ3n) is 1.49. The first-order chi connectivity index (χ1) is 5.70. The van der Waals surface area contributed by atoms with E-state index in [0.29, 0.717) is 6.54 Å². The lowest BCUT2D eigenvalue weighted by atomic mass is 10.3. The van der Waals surface area contributed by atoms with Crippen molar-refractivity contribution in [3.8, 4) is 0 Å². The highest BCUT2D eigenvalue weighted by Gasteiger charge is 2.04. The maximum absolute atomic E-state index is 9.09. The molecule has 12 heavy (non-hydrogen) atoms. The Kier molecular flexibility index (Phi) is 2.99. The summed E-state index contributed by atoms with van der Waals surface area (Å²) in [5, 5.41) is 16.7. The van der Waals surface area contributed by atoms with Crippen molar-refractivity contribution >= 4 is 5.82 Å². The molecule has 0 fully saturated rings. The van der Waals surface area contributed by atoms with E-state index in [4.69, 9.17) is 5.11 Å². The van der Waals surface area contributed by atoms with Gasteiger partial charge in [-0.2, -0.15) is 5.10 Å². The molecule has 0 aliphatic carbocycles. The molecule has 1 unspecified atom stereocenters. The normalized spacial score (nSPS) is 12.6. The fourth-order valence-corrected chi connectivity index (χ4v) is 0.987. The number of hydrogen-bond donors (Lipinski definition) is 1. The molecule has 0 spiro atoms.